The number of esters is 1. The molecule has 0 unspecified atom stereocenters. The van der Waals surface area contributed by atoms with Crippen molar-refractivity contribution in [3.05, 3.63) is 39.2 Å². The van der Waals surface area contributed by atoms with E-state index in [9.17, 15) is 14.4 Å². The molecule has 0 aliphatic rings. The fourth-order valence-electron chi connectivity index (χ4n) is 1.84. The van der Waals surface area contributed by atoms with E-state index < -0.39 is 11.9 Å². The van der Waals surface area contributed by atoms with Crippen LogP contribution in [0.2, 0.25) is 0 Å². The first-order chi connectivity index (χ1) is 9.31. The van der Waals surface area contributed by atoms with Gasteiger partial charge in [0.05, 0.1) is 5.56 Å². The van der Waals surface area contributed by atoms with E-state index in [1.54, 1.807) is 13.8 Å². The average Bonchev–Trinajstić information content (AvgIpc) is 2.34. The van der Waals surface area contributed by atoms with Crippen molar-refractivity contribution < 1.29 is 23.8 Å². The van der Waals surface area contributed by atoms with Crippen molar-refractivity contribution in [1.82, 2.24) is 0 Å². The van der Waals surface area contributed by atoms with Crippen LogP contribution in [0.25, 0.3) is 11.0 Å². The Hall–Kier alpha value is -2.63. The number of hydrogen-bond acceptors (Lipinski definition) is 5. The van der Waals surface area contributed by atoms with Gasteiger partial charge < -0.3 is 14.3 Å². The summed E-state index contributed by atoms with van der Waals surface area (Å²) in [5.41, 5.74) is -0.0136. The summed E-state index contributed by atoms with van der Waals surface area (Å²) < 4.78 is 10.4. The van der Waals surface area contributed by atoms with Crippen LogP contribution in [0.5, 0.6) is 5.75 Å². The highest BCUT2D eigenvalue weighted by Crippen LogP contribution is 2.27. The van der Waals surface area contributed by atoms with Crippen molar-refractivity contribution in [1.29, 1.82) is 0 Å². The molecule has 20 heavy (non-hydrogen) atoms. The Morgan fingerprint density at radius 3 is 2.45 bits per heavy atom. The zero-order chi connectivity index (χ0) is 15.0. The van der Waals surface area contributed by atoms with Gasteiger partial charge in [-0.3, -0.25) is 9.59 Å². The van der Waals surface area contributed by atoms with E-state index in [2.05, 4.69) is 0 Å². The lowest BCUT2D eigenvalue weighted by atomic mass is 10.1. The van der Waals surface area contributed by atoms with Gasteiger partial charge in [0.2, 0.25) is 0 Å². The first kappa shape index (κ1) is 13.8. The maximum absolute atomic E-state index is 12.2. The number of ether oxygens (including phenoxy) is 1. The third-order valence-corrected chi connectivity index (χ3v) is 2.93. The zero-order valence-electron chi connectivity index (χ0n) is 11.1. The van der Waals surface area contributed by atoms with Crippen molar-refractivity contribution >= 4 is 22.9 Å². The summed E-state index contributed by atoms with van der Waals surface area (Å²) >= 11 is 0. The number of carbonyl (C=O) groups excluding carboxylic acids is 1. The van der Waals surface area contributed by atoms with Crippen LogP contribution in [0.1, 0.15) is 28.6 Å². The molecule has 1 aromatic carbocycles. The van der Waals surface area contributed by atoms with Gasteiger partial charge in [-0.15, -0.1) is 0 Å². The highest BCUT2D eigenvalue weighted by atomic mass is 16.5. The van der Waals surface area contributed by atoms with Crippen LogP contribution in [0, 0.1) is 13.8 Å². The number of carboxylic acid groups (broad SMARTS) is 1. The van der Waals surface area contributed by atoms with Gasteiger partial charge in [0, 0.05) is 12.5 Å². The SMILES string of the molecule is CC(=O)Oc1cc(C(=O)O)cc2oc(C)c(C)c(=O)c12. The molecular weight excluding hydrogens is 264 g/mol. The van der Waals surface area contributed by atoms with Gasteiger partial charge in [-0.05, 0) is 26.0 Å². The molecule has 0 atom stereocenters. The molecule has 0 saturated heterocycles. The smallest absolute Gasteiger partial charge is 0.335 e. The van der Waals surface area contributed by atoms with Crippen LogP contribution in [0.15, 0.2) is 21.3 Å². The fourth-order valence-corrected chi connectivity index (χ4v) is 1.84. The third-order valence-electron chi connectivity index (χ3n) is 2.93. The second-order valence-electron chi connectivity index (χ2n) is 4.36. The van der Waals surface area contributed by atoms with E-state index in [0.717, 1.165) is 6.07 Å². The Morgan fingerprint density at radius 1 is 1.25 bits per heavy atom. The first-order valence-corrected chi connectivity index (χ1v) is 5.81. The Kier molecular flexibility index (Phi) is 3.31. The first-order valence-electron chi connectivity index (χ1n) is 5.81. The number of aromatic carboxylic acids is 1. The zero-order valence-corrected chi connectivity index (χ0v) is 11.1. The molecular formula is C14H12O6. The second kappa shape index (κ2) is 4.80. The maximum Gasteiger partial charge on any atom is 0.335 e. The minimum absolute atomic E-state index is 0.0632. The summed E-state index contributed by atoms with van der Waals surface area (Å²) in [7, 11) is 0. The molecule has 2 rings (SSSR count). The van der Waals surface area contributed by atoms with Gasteiger partial charge in [-0.2, -0.15) is 0 Å². The predicted octanol–water partition coefficient (Wildman–Crippen LogP) is 2.03. The molecule has 6 heteroatoms. The number of benzene rings is 1. The van der Waals surface area contributed by atoms with Crippen molar-refractivity contribution in [2.45, 2.75) is 20.8 Å². The summed E-state index contributed by atoms with van der Waals surface area (Å²) in [5.74, 6) is -1.57. The van der Waals surface area contributed by atoms with Crippen molar-refractivity contribution in [2.24, 2.45) is 0 Å². The lowest BCUT2D eigenvalue weighted by Crippen LogP contribution is -2.12. The predicted molar refractivity (Wildman–Crippen MR) is 70.2 cm³/mol. The Bertz CT molecular complexity index is 784. The standard InChI is InChI=1S/C14H12O6/c1-6-7(2)19-10-4-9(14(17)18)5-11(20-8(3)15)12(10)13(6)16/h4-5H,1-3H3,(H,17,18). The number of rotatable bonds is 2. The molecule has 0 radical (unpaired) electrons. The monoisotopic (exact) mass is 276 g/mol. The Morgan fingerprint density at radius 2 is 1.90 bits per heavy atom. The molecule has 1 aromatic heterocycles. The van der Waals surface area contributed by atoms with Crippen molar-refractivity contribution in [2.75, 3.05) is 0 Å². The lowest BCUT2D eigenvalue weighted by Gasteiger charge is -2.09. The molecule has 0 fully saturated rings. The largest absolute Gasteiger partial charge is 0.478 e. The molecule has 0 amide bonds. The topological polar surface area (TPSA) is 93.8 Å². The molecule has 2 aromatic rings. The summed E-state index contributed by atoms with van der Waals surface area (Å²) in [5, 5.41) is 9.10. The maximum atomic E-state index is 12.2. The van der Waals surface area contributed by atoms with Crippen molar-refractivity contribution in [3.8, 4) is 5.75 Å². The van der Waals surface area contributed by atoms with E-state index in [-0.39, 0.29) is 27.7 Å². The van der Waals surface area contributed by atoms with Crippen LogP contribution >= 0.6 is 0 Å². The third kappa shape index (κ3) is 2.27. The van der Waals surface area contributed by atoms with E-state index in [1.807, 2.05) is 0 Å². The normalized spacial score (nSPS) is 10.6. The molecule has 0 bridgehead atoms. The van der Waals surface area contributed by atoms with Crippen LogP contribution in [0.3, 0.4) is 0 Å². The number of aryl methyl sites for hydroxylation is 1. The summed E-state index contributed by atoms with van der Waals surface area (Å²) in [6.45, 7) is 4.36. The number of carboxylic acids is 1. The highest BCUT2D eigenvalue weighted by molar-refractivity contribution is 5.96. The molecule has 104 valence electrons. The van der Waals surface area contributed by atoms with Crippen LogP contribution in [-0.4, -0.2) is 17.0 Å². The molecule has 6 nitrogen and oxygen atoms in total. The van der Waals surface area contributed by atoms with Crippen LogP contribution < -0.4 is 10.2 Å². The van der Waals surface area contributed by atoms with E-state index in [0.29, 0.717) is 11.3 Å². The average molecular weight is 276 g/mol. The second-order valence-corrected chi connectivity index (χ2v) is 4.36. The van der Waals surface area contributed by atoms with Crippen LogP contribution in [-0.2, 0) is 4.79 Å². The molecule has 1 heterocycles. The quantitative estimate of drug-likeness (QED) is 0.666. The lowest BCUT2D eigenvalue weighted by molar-refractivity contribution is -0.131. The highest BCUT2D eigenvalue weighted by Gasteiger charge is 2.18. The van der Waals surface area contributed by atoms with Gasteiger partial charge in [-0.1, -0.05) is 0 Å². The number of hydrogen-bond donors (Lipinski definition) is 1. The number of fused-ring (bicyclic) bond motifs is 1. The van der Waals surface area contributed by atoms with Gasteiger partial charge in [-0.25, -0.2) is 4.79 Å². The van der Waals surface area contributed by atoms with Gasteiger partial charge >= 0.3 is 11.9 Å². The summed E-state index contributed by atoms with van der Waals surface area (Å²) in [6.07, 6.45) is 0. The summed E-state index contributed by atoms with van der Waals surface area (Å²) in [4.78, 5) is 34.4. The molecule has 0 aliphatic carbocycles. The van der Waals surface area contributed by atoms with Gasteiger partial charge in [0.15, 0.2) is 5.43 Å². The van der Waals surface area contributed by atoms with Crippen LogP contribution in [0.4, 0.5) is 0 Å². The fraction of sp³-hybridized carbons (Fsp3) is 0.214. The van der Waals surface area contributed by atoms with E-state index in [4.69, 9.17) is 14.3 Å². The van der Waals surface area contributed by atoms with Crippen molar-refractivity contribution in [3.63, 3.8) is 0 Å². The Balaban J connectivity index is 2.92. The molecule has 0 aliphatic heterocycles. The molecule has 0 spiro atoms. The molecule has 0 saturated carbocycles. The van der Waals surface area contributed by atoms with E-state index >= 15 is 0 Å². The van der Waals surface area contributed by atoms with E-state index in [1.165, 1.54) is 13.0 Å². The van der Waals surface area contributed by atoms with Gasteiger partial charge in [0.25, 0.3) is 0 Å². The Labute approximate surface area is 113 Å². The molecule has 1 N–H and O–H groups in total. The minimum atomic E-state index is -1.21. The number of carbonyl (C=O) groups is 2. The summed E-state index contributed by atoms with van der Waals surface area (Å²) in [6, 6.07) is 2.37. The van der Waals surface area contributed by atoms with Gasteiger partial charge in [0.1, 0.15) is 22.5 Å². The minimum Gasteiger partial charge on any atom is -0.478 e.